The van der Waals surface area contributed by atoms with Crippen LogP contribution in [0.1, 0.15) is 37.5 Å². The molecule has 0 aliphatic carbocycles. The van der Waals surface area contributed by atoms with Gasteiger partial charge in [0.25, 0.3) is 0 Å². The van der Waals surface area contributed by atoms with Crippen LogP contribution in [-0.2, 0) is 39.7 Å². The molecular formula is C46H51N9O10S3. The number of tetrazole rings is 1. The molecule has 5 aromatic carbocycles. The molecule has 0 bridgehead atoms. The molecule has 358 valence electrons. The third-order valence-corrected chi connectivity index (χ3v) is 15.2. The zero-order chi connectivity index (χ0) is 49.0. The van der Waals surface area contributed by atoms with Gasteiger partial charge >= 0.3 is 6.09 Å². The van der Waals surface area contributed by atoms with Crippen molar-refractivity contribution < 1.29 is 46.1 Å². The Hall–Kier alpha value is -6.69. The third-order valence-electron chi connectivity index (χ3n) is 10.9. The molecule has 68 heavy (non-hydrogen) atoms. The number of amides is 1. The number of ether oxygens (including phenoxy) is 3. The Kier molecular flexibility index (Phi) is 14.7. The van der Waals surface area contributed by atoms with E-state index >= 15 is 8.42 Å². The standard InChI is InChI=1S/C46H51N9O10S3/c1-46(2,3)54(45(57)58)28-33(56)24-48-67(59,60)40-22-20-37(32-13-21-39-38(23-32)49-44(47)66-39)41(43-50-52-55(51-43)27-31-11-18-36(65-6)19-12-31)42(40)68(61,62)53(25-29-7-14-34(63-4)15-8-29)26-30-9-16-35(64-5)17-10-30/h7-23,33,48,56H,24-28H2,1-6H3,(H2,47,49)(H,57,58)/t33-/m0/s1. The van der Waals surface area contributed by atoms with Gasteiger partial charge in [0.1, 0.15) is 27.0 Å². The van der Waals surface area contributed by atoms with Crippen molar-refractivity contribution in [2.75, 3.05) is 40.2 Å². The first kappa shape index (κ1) is 49.2. The number of thiazole rings is 1. The van der Waals surface area contributed by atoms with Gasteiger partial charge in [0.15, 0.2) is 5.13 Å². The van der Waals surface area contributed by atoms with Crippen molar-refractivity contribution >= 4 is 52.8 Å². The molecule has 0 spiro atoms. The van der Waals surface area contributed by atoms with E-state index in [1.807, 2.05) is 0 Å². The maximum Gasteiger partial charge on any atom is 0.407 e. The summed E-state index contributed by atoms with van der Waals surface area (Å²) in [6, 6.07) is 28.5. The summed E-state index contributed by atoms with van der Waals surface area (Å²) in [5, 5.41) is 34.7. The third kappa shape index (κ3) is 11.2. The quantitative estimate of drug-likeness (QED) is 0.0716. The first-order chi connectivity index (χ1) is 32.3. The molecule has 0 radical (unpaired) electrons. The fourth-order valence-electron chi connectivity index (χ4n) is 7.33. The molecule has 0 saturated carbocycles. The van der Waals surface area contributed by atoms with Crippen LogP contribution in [0.2, 0.25) is 0 Å². The molecule has 0 fully saturated rings. The fraction of sp³-hybridized carbons (Fsp3) is 0.283. The van der Waals surface area contributed by atoms with E-state index in [-0.39, 0.29) is 36.6 Å². The van der Waals surface area contributed by atoms with Crippen molar-refractivity contribution in [1.29, 1.82) is 0 Å². The Bertz CT molecular complexity index is 3070. The SMILES string of the molecule is COc1ccc(CN(Cc2ccc(OC)cc2)S(=O)(=O)c2c(S(=O)(=O)NC[C@H](O)CN(C(=O)O)C(C)(C)C)ccc(-c3ccc4sc(N)nc4c3)c2-c2nnn(Cc3ccc(OC)cc3)n2)cc1. The van der Waals surface area contributed by atoms with E-state index in [4.69, 9.17) is 19.9 Å². The second-order valence-corrected chi connectivity index (χ2v) is 21.3. The smallest absolute Gasteiger partial charge is 0.407 e. The molecule has 7 aromatic rings. The number of β-amino-alcohol motifs (C(OH)–C–C–N with tert-alkyl or cyclic N) is 1. The van der Waals surface area contributed by atoms with Gasteiger partial charge in [-0.15, -0.1) is 10.2 Å². The lowest BCUT2D eigenvalue weighted by Gasteiger charge is -2.34. The number of carboxylic acid groups (broad SMARTS) is 1. The highest BCUT2D eigenvalue weighted by atomic mass is 32.2. The molecule has 0 aliphatic rings. The highest BCUT2D eigenvalue weighted by Crippen LogP contribution is 2.42. The number of sulfonamides is 2. The summed E-state index contributed by atoms with van der Waals surface area (Å²) >= 11 is 1.26. The Labute approximate surface area is 397 Å². The monoisotopic (exact) mass is 985 g/mol. The fourth-order valence-corrected chi connectivity index (χ4v) is 11.5. The summed E-state index contributed by atoms with van der Waals surface area (Å²) in [5.41, 5.74) is 7.95. The minimum Gasteiger partial charge on any atom is -0.497 e. The van der Waals surface area contributed by atoms with Gasteiger partial charge in [0.05, 0.1) is 56.3 Å². The number of methoxy groups -OCH3 is 3. The van der Waals surface area contributed by atoms with Crippen LogP contribution in [0.25, 0.3) is 32.7 Å². The summed E-state index contributed by atoms with van der Waals surface area (Å²) in [7, 11) is -5.34. The zero-order valence-electron chi connectivity index (χ0n) is 38.0. The van der Waals surface area contributed by atoms with E-state index in [1.54, 1.807) is 119 Å². The highest BCUT2D eigenvalue weighted by Gasteiger charge is 2.38. The number of anilines is 1. The number of aliphatic hydroxyl groups is 1. The van der Waals surface area contributed by atoms with Gasteiger partial charge in [-0.2, -0.15) is 9.10 Å². The normalized spacial score (nSPS) is 12.6. The number of fused-ring (bicyclic) bond motifs is 1. The predicted molar refractivity (Wildman–Crippen MR) is 256 cm³/mol. The number of carbonyl (C=O) groups is 1. The first-order valence-electron chi connectivity index (χ1n) is 21.0. The van der Waals surface area contributed by atoms with Crippen LogP contribution in [0.15, 0.2) is 113 Å². The van der Waals surface area contributed by atoms with Gasteiger partial charge in [-0.3, -0.25) is 0 Å². The molecule has 0 saturated heterocycles. The van der Waals surface area contributed by atoms with Crippen LogP contribution in [0.3, 0.4) is 0 Å². The van der Waals surface area contributed by atoms with Crippen molar-refractivity contribution in [3.8, 4) is 39.8 Å². The van der Waals surface area contributed by atoms with E-state index in [0.29, 0.717) is 44.6 Å². The molecule has 5 N–H and O–H groups in total. The first-order valence-corrected chi connectivity index (χ1v) is 24.7. The number of nitrogens with two attached hydrogens (primary N) is 1. The van der Waals surface area contributed by atoms with Crippen LogP contribution in [0.4, 0.5) is 9.93 Å². The number of nitrogens with one attached hydrogen (secondary N) is 1. The van der Waals surface area contributed by atoms with Gasteiger partial charge in [-0.25, -0.2) is 31.3 Å². The lowest BCUT2D eigenvalue weighted by molar-refractivity contribution is 0.0577. The molecule has 0 unspecified atom stereocenters. The summed E-state index contributed by atoms with van der Waals surface area (Å²) in [4.78, 5) is 17.4. The number of aromatic nitrogens is 5. The van der Waals surface area contributed by atoms with Crippen molar-refractivity contribution in [1.82, 2.24) is 39.1 Å². The predicted octanol–water partition coefficient (Wildman–Crippen LogP) is 6.08. The average molecular weight is 986 g/mol. The van der Waals surface area contributed by atoms with Crippen LogP contribution < -0.4 is 24.7 Å². The molecular weight excluding hydrogens is 935 g/mol. The van der Waals surface area contributed by atoms with E-state index in [0.717, 1.165) is 19.5 Å². The highest BCUT2D eigenvalue weighted by molar-refractivity contribution is 7.92. The zero-order valence-corrected chi connectivity index (χ0v) is 40.5. The average Bonchev–Trinajstić information content (AvgIpc) is 3.94. The molecule has 1 atom stereocenters. The van der Waals surface area contributed by atoms with Crippen LogP contribution >= 0.6 is 11.3 Å². The minimum absolute atomic E-state index is 0.0961. The maximum atomic E-state index is 16.0. The van der Waals surface area contributed by atoms with Crippen LogP contribution in [-0.4, -0.2) is 114 Å². The number of nitrogen functional groups attached to an aromatic ring is 1. The summed E-state index contributed by atoms with van der Waals surface area (Å²) in [5.74, 6) is 1.47. The Morgan fingerprint density at radius 2 is 1.38 bits per heavy atom. The summed E-state index contributed by atoms with van der Waals surface area (Å²) in [6.45, 7) is 3.36. The van der Waals surface area contributed by atoms with Gasteiger partial charge in [-0.05, 0) is 108 Å². The molecule has 0 aliphatic heterocycles. The van der Waals surface area contributed by atoms with Gasteiger partial charge in [-0.1, -0.05) is 59.9 Å². The lowest BCUT2D eigenvalue weighted by atomic mass is 9.99. The number of hydrogen-bond donors (Lipinski definition) is 4. The molecule has 2 aromatic heterocycles. The maximum absolute atomic E-state index is 16.0. The molecule has 1 amide bonds. The van der Waals surface area contributed by atoms with Crippen molar-refractivity contribution in [3.05, 3.63) is 120 Å². The van der Waals surface area contributed by atoms with Crippen molar-refractivity contribution in [3.63, 3.8) is 0 Å². The Balaban J connectivity index is 1.46. The molecule has 22 heteroatoms. The summed E-state index contributed by atoms with van der Waals surface area (Å²) in [6.07, 6.45) is -2.87. The minimum atomic E-state index is -5.00. The van der Waals surface area contributed by atoms with Crippen molar-refractivity contribution in [2.24, 2.45) is 0 Å². The van der Waals surface area contributed by atoms with Gasteiger partial charge in [0.2, 0.25) is 25.9 Å². The number of aliphatic hydroxyl groups excluding tert-OH is 1. The number of rotatable bonds is 19. The van der Waals surface area contributed by atoms with E-state index in [1.165, 1.54) is 42.5 Å². The molecule has 2 heterocycles. The number of hydrogen-bond acceptors (Lipinski definition) is 15. The van der Waals surface area contributed by atoms with Gasteiger partial charge < -0.3 is 35.1 Å². The van der Waals surface area contributed by atoms with Crippen LogP contribution in [0, 0.1) is 0 Å². The summed E-state index contributed by atoms with van der Waals surface area (Å²) < 4.78 is 82.0. The van der Waals surface area contributed by atoms with E-state index < -0.39 is 60.7 Å². The topological polar surface area (TPSA) is 255 Å². The largest absolute Gasteiger partial charge is 0.497 e. The van der Waals surface area contributed by atoms with E-state index in [9.17, 15) is 23.4 Å². The van der Waals surface area contributed by atoms with E-state index in [2.05, 4.69) is 25.1 Å². The Morgan fingerprint density at radius 3 is 1.91 bits per heavy atom. The second-order valence-electron chi connectivity index (χ2n) is 16.6. The molecule has 19 nitrogen and oxygen atoms in total. The second kappa shape index (κ2) is 20.3. The lowest BCUT2D eigenvalue weighted by Crippen LogP contribution is -2.50. The van der Waals surface area contributed by atoms with Crippen molar-refractivity contribution in [2.45, 2.75) is 61.8 Å². The Morgan fingerprint density at radius 1 is 0.824 bits per heavy atom. The van der Waals surface area contributed by atoms with Gasteiger partial charge in [0, 0.05) is 25.2 Å². The number of nitrogens with zero attached hydrogens (tertiary/aromatic N) is 7. The van der Waals surface area contributed by atoms with Crippen LogP contribution in [0.5, 0.6) is 17.2 Å². The molecule has 7 rings (SSSR count). The number of benzene rings is 5.